The molecule has 1 aliphatic rings. The molecule has 3 aromatic rings. The molecule has 1 aliphatic heterocycles. The molecule has 3 atom stereocenters. The molecule has 1 fully saturated rings. The third kappa shape index (κ3) is 3.90. The highest BCUT2D eigenvalue weighted by atomic mass is 16.5. The van der Waals surface area contributed by atoms with Gasteiger partial charge < -0.3 is 19.7 Å². The minimum Gasteiger partial charge on any atom is -0.497 e. The highest BCUT2D eigenvalue weighted by molar-refractivity contribution is 5.91. The Morgan fingerprint density at radius 2 is 2.17 bits per heavy atom. The van der Waals surface area contributed by atoms with Gasteiger partial charge in [-0.1, -0.05) is 12.1 Å². The van der Waals surface area contributed by atoms with E-state index in [0.717, 1.165) is 5.56 Å². The van der Waals surface area contributed by atoms with Crippen molar-refractivity contribution < 1.29 is 24.5 Å². The third-order valence-electron chi connectivity index (χ3n) is 4.91. The van der Waals surface area contributed by atoms with Crippen molar-refractivity contribution in [3.8, 4) is 5.75 Å². The van der Waals surface area contributed by atoms with Crippen molar-refractivity contribution in [3.05, 3.63) is 46.5 Å². The molecule has 1 saturated heterocycles. The number of aromatic nitrogens is 4. The van der Waals surface area contributed by atoms with Crippen molar-refractivity contribution in [1.82, 2.24) is 19.5 Å². The molecule has 4 rings (SSSR count). The molecule has 4 N–H and O–H groups in total. The fourth-order valence-corrected chi connectivity index (χ4v) is 3.35. The van der Waals surface area contributed by atoms with Gasteiger partial charge in [0.2, 0.25) is 11.9 Å². The second kappa shape index (κ2) is 8.22. The van der Waals surface area contributed by atoms with Crippen LogP contribution in [-0.2, 0) is 16.0 Å². The van der Waals surface area contributed by atoms with Crippen molar-refractivity contribution in [3.63, 3.8) is 0 Å². The van der Waals surface area contributed by atoms with Crippen LogP contribution in [0.5, 0.6) is 5.75 Å². The summed E-state index contributed by atoms with van der Waals surface area (Å²) in [6.45, 7) is -0.328. The predicted octanol–water partition coefficient (Wildman–Crippen LogP) is -0.0499. The fourth-order valence-electron chi connectivity index (χ4n) is 3.35. The topological polar surface area (TPSA) is 152 Å². The molecule has 2 aromatic heterocycles. The normalized spacial score (nSPS) is 21.1. The first kappa shape index (κ1) is 20.0. The van der Waals surface area contributed by atoms with Crippen molar-refractivity contribution >= 4 is 23.0 Å². The molecule has 158 valence electrons. The zero-order valence-corrected chi connectivity index (χ0v) is 16.1. The van der Waals surface area contributed by atoms with E-state index in [2.05, 4.69) is 20.3 Å². The molecule has 0 spiro atoms. The number of benzene rings is 1. The lowest BCUT2D eigenvalue weighted by Crippen LogP contribution is -2.24. The molecule has 11 heteroatoms. The van der Waals surface area contributed by atoms with E-state index in [1.165, 1.54) is 10.9 Å². The highest BCUT2D eigenvalue weighted by Gasteiger charge is 2.35. The van der Waals surface area contributed by atoms with Crippen molar-refractivity contribution in [2.75, 3.05) is 19.0 Å². The Labute approximate surface area is 170 Å². The molecule has 3 heterocycles. The summed E-state index contributed by atoms with van der Waals surface area (Å²) < 4.78 is 12.2. The average Bonchev–Trinajstić information content (AvgIpc) is 3.31. The summed E-state index contributed by atoms with van der Waals surface area (Å²) in [7, 11) is 1.56. The number of fused-ring (bicyclic) bond motifs is 1. The number of H-pyrrole nitrogens is 1. The standard InChI is InChI=1S/C19H21N5O6/c1-29-11-4-2-10(3-5-11)6-14(27)21-19-22-17-16(18(28)23-19)20-9-24(17)15-7-12(26)13(8-25)30-15/h2-5,9,12-13,15,25-26H,6-8H2,1H3,(H2,21,22,23,27,28)/t12-,13+,15+/m0/s1. The zero-order chi connectivity index (χ0) is 21.3. The number of carbonyl (C=O) groups excluding carboxylic acids is 1. The molecule has 1 aromatic carbocycles. The van der Waals surface area contributed by atoms with Gasteiger partial charge in [0.15, 0.2) is 11.2 Å². The van der Waals surface area contributed by atoms with Crippen LogP contribution in [0.15, 0.2) is 35.4 Å². The molecule has 0 saturated carbocycles. The minimum absolute atomic E-state index is 0.0231. The number of methoxy groups -OCH3 is 1. The number of hydrogen-bond acceptors (Lipinski definition) is 8. The van der Waals surface area contributed by atoms with Gasteiger partial charge in [-0.15, -0.1) is 0 Å². The second-order valence-electron chi connectivity index (χ2n) is 6.93. The Morgan fingerprint density at radius 3 is 2.83 bits per heavy atom. The zero-order valence-electron chi connectivity index (χ0n) is 16.1. The van der Waals surface area contributed by atoms with Crippen LogP contribution in [0.1, 0.15) is 18.2 Å². The molecule has 30 heavy (non-hydrogen) atoms. The second-order valence-corrected chi connectivity index (χ2v) is 6.93. The lowest BCUT2D eigenvalue weighted by atomic mass is 10.1. The van der Waals surface area contributed by atoms with Crippen LogP contribution in [0.4, 0.5) is 5.95 Å². The van der Waals surface area contributed by atoms with Crippen LogP contribution >= 0.6 is 0 Å². The summed E-state index contributed by atoms with van der Waals surface area (Å²) in [6.07, 6.45) is -0.529. The maximum absolute atomic E-state index is 12.4. The number of rotatable bonds is 6. The van der Waals surface area contributed by atoms with E-state index in [9.17, 15) is 19.8 Å². The Balaban J connectivity index is 1.54. The monoisotopic (exact) mass is 415 g/mol. The van der Waals surface area contributed by atoms with Gasteiger partial charge in [0.05, 0.1) is 32.6 Å². The Morgan fingerprint density at radius 1 is 1.40 bits per heavy atom. The van der Waals surface area contributed by atoms with E-state index in [-0.39, 0.29) is 42.5 Å². The number of aromatic amines is 1. The van der Waals surface area contributed by atoms with E-state index < -0.39 is 24.0 Å². The number of ether oxygens (including phenoxy) is 2. The fraction of sp³-hybridized carbons (Fsp3) is 0.368. The number of amides is 1. The van der Waals surface area contributed by atoms with Gasteiger partial charge in [-0.25, -0.2) is 4.98 Å². The van der Waals surface area contributed by atoms with E-state index >= 15 is 0 Å². The highest BCUT2D eigenvalue weighted by Crippen LogP contribution is 2.30. The average molecular weight is 415 g/mol. The number of aliphatic hydroxyl groups is 2. The van der Waals surface area contributed by atoms with Crippen LogP contribution in [0.3, 0.4) is 0 Å². The Hall–Kier alpha value is -3.28. The van der Waals surface area contributed by atoms with Crippen LogP contribution in [0.2, 0.25) is 0 Å². The van der Waals surface area contributed by atoms with Crippen molar-refractivity contribution in [2.24, 2.45) is 0 Å². The smallest absolute Gasteiger partial charge is 0.280 e. The Bertz CT molecular complexity index is 1110. The van der Waals surface area contributed by atoms with E-state index in [4.69, 9.17) is 9.47 Å². The molecule has 0 aliphatic carbocycles. The first-order valence-electron chi connectivity index (χ1n) is 9.32. The Kier molecular flexibility index (Phi) is 5.48. The first-order valence-corrected chi connectivity index (χ1v) is 9.32. The lowest BCUT2D eigenvalue weighted by molar-refractivity contribution is -0.115. The molecule has 11 nitrogen and oxygen atoms in total. The molecular weight excluding hydrogens is 394 g/mol. The predicted molar refractivity (Wildman–Crippen MR) is 105 cm³/mol. The first-order chi connectivity index (χ1) is 14.5. The van der Waals surface area contributed by atoms with Crippen LogP contribution in [-0.4, -0.2) is 61.6 Å². The van der Waals surface area contributed by atoms with Gasteiger partial charge in [-0.05, 0) is 17.7 Å². The summed E-state index contributed by atoms with van der Waals surface area (Å²) in [6, 6.07) is 7.05. The lowest BCUT2D eigenvalue weighted by Gasteiger charge is -2.13. The maximum Gasteiger partial charge on any atom is 0.280 e. The summed E-state index contributed by atoms with van der Waals surface area (Å²) in [5, 5.41) is 21.8. The molecular formula is C19H21N5O6. The van der Waals surface area contributed by atoms with Gasteiger partial charge in [-0.3, -0.25) is 24.5 Å². The van der Waals surface area contributed by atoms with E-state index in [1.807, 2.05) is 0 Å². The molecule has 0 unspecified atom stereocenters. The minimum atomic E-state index is -0.844. The van der Waals surface area contributed by atoms with E-state index in [1.54, 1.807) is 31.4 Å². The quantitative estimate of drug-likeness (QED) is 0.437. The molecule has 1 amide bonds. The summed E-state index contributed by atoms with van der Waals surface area (Å²) in [5.41, 5.74) is 0.531. The largest absolute Gasteiger partial charge is 0.497 e. The summed E-state index contributed by atoms with van der Waals surface area (Å²) in [4.78, 5) is 35.6. The number of carbonyl (C=O) groups is 1. The van der Waals surface area contributed by atoms with Crippen LogP contribution in [0.25, 0.3) is 11.2 Å². The molecule has 0 bridgehead atoms. The van der Waals surface area contributed by atoms with Crippen molar-refractivity contribution in [2.45, 2.75) is 31.3 Å². The van der Waals surface area contributed by atoms with Crippen molar-refractivity contribution in [1.29, 1.82) is 0 Å². The van der Waals surface area contributed by atoms with Gasteiger partial charge in [0.25, 0.3) is 5.56 Å². The van der Waals surface area contributed by atoms with Gasteiger partial charge >= 0.3 is 0 Å². The molecule has 0 radical (unpaired) electrons. The van der Waals surface area contributed by atoms with Gasteiger partial charge in [-0.2, -0.15) is 4.98 Å². The number of nitrogens with zero attached hydrogens (tertiary/aromatic N) is 3. The SMILES string of the molecule is COc1ccc(CC(=O)Nc2nc3c(ncn3[C@H]3C[C@H](O)[C@@H](CO)O3)c(=O)[nH]2)cc1. The van der Waals surface area contributed by atoms with Crippen LogP contribution in [0, 0.1) is 0 Å². The number of nitrogens with one attached hydrogen (secondary N) is 2. The van der Waals surface area contributed by atoms with Gasteiger partial charge in [0.1, 0.15) is 18.1 Å². The number of anilines is 1. The number of hydrogen-bond donors (Lipinski definition) is 4. The number of imidazole rings is 1. The third-order valence-corrected chi connectivity index (χ3v) is 4.91. The van der Waals surface area contributed by atoms with Gasteiger partial charge in [0, 0.05) is 6.42 Å². The maximum atomic E-state index is 12.4. The van der Waals surface area contributed by atoms with E-state index in [0.29, 0.717) is 5.75 Å². The number of aliphatic hydroxyl groups excluding tert-OH is 2. The summed E-state index contributed by atoms with van der Waals surface area (Å²) in [5.74, 6) is 0.304. The van der Waals surface area contributed by atoms with Crippen LogP contribution < -0.4 is 15.6 Å². The summed E-state index contributed by atoms with van der Waals surface area (Å²) >= 11 is 0.